The molecule has 7 heteroatoms. The Bertz CT molecular complexity index is 1090. The minimum Gasteiger partial charge on any atom is -0.375 e. The lowest BCUT2D eigenvalue weighted by atomic mass is 9.63. The van der Waals surface area contributed by atoms with Gasteiger partial charge in [-0.2, -0.15) is 13.2 Å². The summed E-state index contributed by atoms with van der Waals surface area (Å²) in [7, 11) is 0. The lowest BCUT2D eigenvalue weighted by Crippen LogP contribution is -2.51. The van der Waals surface area contributed by atoms with Crippen molar-refractivity contribution in [2.75, 3.05) is 4.90 Å². The number of aliphatic hydroxyl groups is 1. The summed E-state index contributed by atoms with van der Waals surface area (Å²) < 4.78 is 39.5. The molecule has 1 aliphatic heterocycles. The van der Waals surface area contributed by atoms with Crippen LogP contribution in [0.2, 0.25) is 0 Å². The lowest BCUT2D eigenvalue weighted by Gasteiger charge is -2.41. The van der Waals surface area contributed by atoms with E-state index in [1.807, 2.05) is 0 Å². The number of Topliss-reactive ketones (excluding diaryl/α,β-unsaturated/α-hetero) is 1. The van der Waals surface area contributed by atoms with E-state index in [0.29, 0.717) is 29.7 Å². The molecule has 33 heavy (non-hydrogen) atoms. The van der Waals surface area contributed by atoms with Crippen molar-refractivity contribution in [2.24, 2.45) is 17.3 Å². The van der Waals surface area contributed by atoms with Gasteiger partial charge in [-0.15, -0.1) is 0 Å². The van der Waals surface area contributed by atoms with Crippen LogP contribution in [-0.2, 0) is 27.9 Å². The molecule has 176 valence electrons. The van der Waals surface area contributed by atoms with Crippen LogP contribution in [-0.4, -0.2) is 16.8 Å². The van der Waals surface area contributed by atoms with E-state index in [-0.39, 0.29) is 30.1 Å². The Morgan fingerprint density at radius 1 is 1.06 bits per heavy atom. The maximum absolute atomic E-state index is 13.7. The van der Waals surface area contributed by atoms with E-state index in [1.54, 1.807) is 24.3 Å². The molecule has 0 bridgehead atoms. The molecule has 4 nitrogen and oxygen atoms in total. The van der Waals surface area contributed by atoms with Gasteiger partial charge in [-0.25, -0.2) is 0 Å². The standard InChI is InChI=1S/C26H28F3NO3/c1-24(2,3)17-11-12-22(31)20(14-17)25(33)19-9-4-5-10-21(19)30(23(25)32)15-16-7-6-8-18(13-16)26(27,28)29/h4-10,13,17,20,33H,11-12,14-15H2,1-3H3/t17-,20-,25+/m1/s1. The zero-order valence-electron chi connectivity index (χ0n) is 18.9. The molecule has 2 aliphatic rings. The number of halogens is 3. The molecule has 2 aromatic rings. The van der Waals surface area contributed by atoms with E-state index in [2.05, 4.69) is 20.8 Å². The SMILES string of the molecule is CC(C)(C)[C@@H]1CCC(=O)[C@H]([C@]2(O)C(=O)N(Cc3cccc(C(F)(F)F)c3)c3ccccc32)C1. The van der Waals surface area contributed by atoms with Gasteiger partial charge < -0.3 is 10.0 Å². The van der Waals surface area contributed by atoms with E-state index in [4.69, 9.17) is 0 Å². The van der Waals surface area contributed by atoms with Crippen molar-refractivity contribution in [3.8, 4) is 0 Å². The molecule has 1 aliphatic carbocycles. The summed E-state index contributed by atoms with van der Waals surface area (Å²) in [5.74, 6) is -1.55. The number of ketones is 1. The minimum atomic E-state index is -4.50. The molecule has 1 fully saturated rings. The number of para-hydroxylation sites is 1. The zero-order valence-corrected chi connectivity index (χ0v) is 18.9. The quantitative estimate of drug-likeness (QED) is 0.662. The first kappa shape index (κ1) is 23.5. The maximum atomic E-state index is 13.7. The van der Waals surface area contributed by atoms with Gasteiger partial charge in [-0.05, 0) is 47.9 Å². The zero-order chi connectivity index (χ0) is 24.2. The number of anilines is 1. The molecule has 0 aromatic heterocycles. The van der Waals surface area contributed by atoms with Gasteiger partial charge in [0.2, 0.25) is 0 Å². The van der Waals surface area contributed by atoms with Gasteiger partial charge in [0.25, 0.3) is 5.91 Å². The van der Waals surface area contributed by atoms with Crippen molar-refractivity contribution >= 4 is 17.4 Å². The molecule has 1 heterocycles. The van der Waals surface area contributed by atoms with Gasteiger partial charge >= 0.3 is 6.18 Å². The second-order valence-corrected chi connectivity index (χ2v) is 10.2. The van der Waals surface area contributed by atoms with E-state index < -0.39 is 29.2 Å². The van der Waals surface area contributed by atoms with Crippen LogP contribution in [0.4, 0.5) is 18.9 Å². The minimum absolute atomic E-state index is 0.0891. The van der Waals surface area contributed by atoms with Crippen molar-refractivity contribution < 1.29 is 27.9 Å². The summed E-state index contributed by atoms with van der Waals surface area (Å²) in [6.45, 7) is 6.11. The van der Waals surface area contributed by atoms with Crippen molar-refractivity contribution in [1.82, 2.24) is 0 Å². The number of rotatable bonds is 3. The topological polar surface area (TPSA) is 57.6 Å². The first-order valence-corrected chi connectivity index (χ1v) is 11.2. The van der Waals surface area contributed by atoms with Crippen molar-refractivity contribution in [3.63, 3.8) is 0 Å². The van der Waals surface area contributed by atoms with E-state index >= 15 is 0 Å². The van der Waals surface area contributed by atoms with Gasteiger partial charge in [0.05, 0.1) is 23.7 Å². The number of carbonyl (C=O) groups is 2. The molecule has 1 amide bonds. The third kappa shape index (κ3) is 4.07. The van der Waals surface area contributed by atoms with Crippen LogP contribution >= 0.6 is 0 Å². The predicted octanol–water partition coefficient (Wildman–Crippen LogP) is 5.47. The highest BCUT2D eigenvalue weighted by Gasteiger charge is 2.58. The van der Waals surface area contributed by atoms with Gasteiger partial charge in [-0.3, -0.25) is 9.59 Å². The Morgan fingerprint density at radius 2 is 1.76 bits per heavy atom. The van der Waals surface area contributed by atoms with Gasteiger partial charge in [0.15, 0.2) is 5.60 Å². The van der Waals surface area contributed by atoms with Crippen LogP contribution < -0.4 is 4.90 Å². The van der Waals surface area contributed by atoms with Crippen LogP contribution in [0.1, 0.15) is 56.7 Å². The Morgan fingerprint density at radius 3 is 2.42 bits per heavy atom. The monoisotopic (exact) mass is 459 g/mol. The summed E-state index contributed by atoms with van der Waals surface area (Å²) in [4.78, 5) is 28.0. The summed E-state index contributed by atoms with van der Waals surface area (Å²) in [5.41, 5.74) is -1.86. The lowest BCUT2D eigenvalue weighted by molar-refractivity contribution is -0.154. The normalized spacial score (nSPS) is 26.0. The average molecular weight is 460 g/mol. The Labute approximate surface area is 191 Å². The van der Waals surface area contributed by atoms with Crippen LogP contribution in [0.25, 0.3) is 0 Å². The molecule has 1 saturated carbocycles. The van der Waals surface area contributed by atoms with Crippen LogP contribution in [0, 0.1) is 17.3 Å². The highest BCUT2D eigenvalue weighted by atomic mass is 19.4. The number of nitrogens with zero attached hydrogens (tertiary/aromatic N) is 1. The van der Waals surface area contributed by atoms with E-state index in [9.17, 15) is 27.9 Å². The smallest absolute Gasteiger partial charge is 0.375 e. The summed E-state index contributed by atoms with van der Waals surface area (Å²) in [6.07, 6.45) is -3.12. The molecular formula is C26H28F3NO3. The number of hydrogen-bond acceptors (Lipinski definition) is 3. The molecule has 3 atom stereocenters. The fourth-order valence-electron chi connectivity index (χ4n) is 5.20. The summed E-state index contributed by atoms with van der Waals surface area (Å²) in [6, 6.07) is 11.5. The molecule has 2 aromatic carbocycles. The maximum Gasteiger partial charge on any atom is 0.416 e. The average Bonchev–Trinajstić information content (AvgIpc) is 2.96. The Balaban J connectivity index is 1.72. The summed E-state index contributed by atoms with van der Waals surface area (Å²) in [5, 5.41) is 11.8. The van der Waals surface area contributed by atoms with Crippen molar-refractivity contribution in [2.45, 2.75) is 58.4 Å². The summed E-state index contributed by atoms with van der Waals surface area (Å²) >= 11 is 0. The van der Waals surface area contributed by atoms with E-state index in [1.165, 1.54) is 17.0 Å². The molecule has 0 radical (unpaired) electrons. The Kier molecular flexibility index (Phi) is 5.68. The fourth-order valence-corrected chi connectivity index (χ4v) is 5.20. The number of carbonyl (C=O) groups excluding carboxylic acids is 2. The number of fused-ring (bicyclic) bond motifs is 1. The van der Waals surface area contributed by atoms with Crippen LogP contribution in [0.15, 0.2) is 48.5 Å². The molecular weight excluding hydrogens is 431 g/mol. The van der Waals surface area contributed by atoms with Crippen LogP contribution in [0.3, 0.4) is 0 Å². The highest BCUT2D eigenvalue weighted by molar-refractivity contribution is 6.09. The highest BCUT2D eigenvalue weighted by Crippen LogP contribution is 2.51. The number of hydrogen-bond donors (Lipinski definition) is 1. The van der Waals surface area contributed by atoms with Gasteiger partial charge in [-0.1, -0.05) is 51.1 Å². The fraction of sp³-hybridized carbons (Fsp3) is 0.462. The third-order valence-electron chi connectivity index (χ3n) is 7.15. The van der Waals surface area contributed by atoms with Gasteiger partial charge in [0.1, 0.15) is 5.78 Å². The van der Waals surface area contributed by atoms with E-state index in [0.717, 1.165) is 12.1 Å². The second kappa shape index (κ2) is 7.97. The number of benzene rings is 2. The third-order valence-corrected chi connectivity index (χ3v) is 7.15. The van der Waals surface area contributed by atoms with Crippen LogP contribution in [0.5, 0.6) is 0 Å². The first-order valence-electron chi connectivity index (χ1n) is 11.2. The largest absolute Gasteiger partial charge is 0.416 e. The second-order valence-electron chi connectivity index (χ2n) is 10.2. The Hall–Kier alpha value is -2.67. The molecule has 1 N–H and O–H groups in total. The molecule has 0 spiro atoms. The van der Waals surface area contributed by atoms with Crippen molar-refractivity contribution in [1.29, 1.82) is 0 Å². The molecule has 0 unspecified atom stereocenters. The van der Waals surface area contributed by atoms with Gasteiger partial charge in [0, 0.05) is 12.0 Å². The van der Waals surface area contributed by atoms with Crippen molar-refractivity contribution in [3.05, 3.63) is 65.2 Å². The first-order chi connectivity index (χ1) is 15.3. The number of amides is 1. The predicted molar refractivity (Wildman–Crippen MR) is 118 cm³/mol. The number of alkyl halides is 3. The molecule has 4 rings (SSSR count). The molecule has 0 saturated heterocycles.